The average molecular weight is 403 g/mol. The summed E-state index contributed by atoms with van der Waals surface area (Å²) in [4.78, 5) is 24.5. The number of ether oxygens (including phenoxy) is 4. The fraction of sp³-hybridized carbons (Fsp3) is 0.333. The lowest BCUT2D eigenvalue weighted by Crippen LogP contribution is -2.46. The van der Waals surface area contributed by atoms with Crippen molar-refractivity contribution < 1.29 is 33.6 Å². The number of hydrogen-bond acceptors (Lipinski definition) is 7. The Kier molecular flexibility index (Phi) is 8.29. The number of amides is 1. The van der Waals surface area contributed by atoms with E-state index in [0.29, 0.717) is 17.1 Å². The molecule has 2 rings (SSSR count). The van der Waals surface area contributed by atoms with E-state index in [-0.39, 0.29) is 13.2 Å². The summed E-state index contributed by atoms with van der Waals surface area (Å²) >= 11 is 0. The zero-order valence-electron chi connectivity index (χ0n) is 16.6. The Balaban J connectivity index is 2.14. The number of methoxy groups -OCH3 is 2. The molecule has 8 heteroatoms. The van der Waals surface area contributed by atoms with Crippen molar-refractivity contribution >= 4 is 12.1 Å². The van der Waals surface area contributed by atoms with Gasteiger partial charge in [-0.25, -0.2) is 9.59 Å². The molecule has 0 aliphatic heterocycles. The molecule has 0 unspecified atom stereocenters. The second kappa shape index (κ2) is 10.9. The maximum absolute atomic E-state index is 12.3. The van der Waals surface area contributed by atoms with E-state index in [1.165, 1.54) is 20.3 Å². The lowest BCUT2D eigenvalue weighted by molar-refractivity contribution is -0.148. The van der Waals surface area contributed by atoms with Crippen LogP contribution in [0.4, 0.5) is 4.79 Å². The second-order valence-corrected chi connectivity index (χ2v) is 6.00. The zero-order valence-corrected chi connectivity index (χ0v) is 16.6. The molecule has 2 aromatic rings. The van der Waals surface area contributed by atoms with Crippen molar-refractivity contribution in [3.05, 3.63) is 59.7 Å². The van der Waals surface area contributed by atoms with Crippen molar-refractivity contribution in [2.24, 2.45) is 0 Å². The summed E-state index contributed by atoms with van der Waals surface area (Å²) in [5.41, 5.74) is 1.12. The fourth-order valence-electron chi connectivity index (χ4n) is 2.62. The summed E-state index contributed by atoms with van der Waals surface area (Å²) in [5, 5.41) is 13.1. The summed E-state index contributed by atoms with van der Waals surface area (Å²) < 4.78 is 20.5. The van der Waals surface area contributed by atoms with Gasteiger partial charge in [-0.15, -0.1) is 0 Å². The molecule has 1 amide bonds. The third-order valence-corrected chi connectivity index (χ3v) is 4.09. The number of alkyl carbamates (subject to hydrolysis) is 1. The second-order valence-electron chi connectivity index (χ2n) is 6.00. The first-order valence-electron chi connectivity index (χ1n) is 9.04. The fourth-order valence-corrected chi connectivity index (χ4v) is 2.62. The van der Waals surface area contributed by atoms with Gasteiger partial charge in [0, 0.05) is 0 Å². The maximum atomic E-state index is 12.3. The SMILES string of the molecule is CCOC(=O)[C@@H](NC(=O)OCc1ccccc1)[C@H](O)c1ccc(OC)c(OC)c1. The summed E-state index contributed by atoms with van der Waals surface area (Å²) in [7, 11) is 2.94. The predicted octanol–water partition coefficient (Wildman–Crippen LogP) is 2.60. The number of aliphatic hydroxyl groups excluding tert-OH is 1. The van der Waals surface area contributed by atoms with Gasteiger partial charge in [-0.1, -0.05) is 36.4 Å². The van der Waals surface area contributed by atoms with E-state index in [1.54, 1.807) is 31.2 Å². The standard InChI is InChI=1S/C21H25NO7/c1-4-28-20(24)18(22-21(25)29-13-14-8-6-5-7-9-14)19(23)15-10-11-16(26-2)17(12-15)27-3/h5-12,18-19,23H,4,13H2,1-3H3,(H,22,25)/t18-,19+/m0/s1. The van der Waals surface area contributed by atoms with Crippen LogP contribution < -0.4 is 14.8 Å². The minimum Gasteiger partial charge on any atom is -0.493 e. The van der Waals surface area contributed by atoms with E-state index >= 15 is 0 Å². The van der Waals surface area contributed by atoms with Gasteiger partial charge < -0.3 is 29.4 Å². The first-order valence-corrected chi connectivity index (χ1v) is 9.04. The zero-order chi connectivity index (χ0) is 21.2. The van der Waals surface area contributed by atoms with Gasteiger partial charge in [0.15, 0.2) is 17.5 Å². The number of aliphatic hydroxyl groups is 1. The number of benzene rings is 2. The topological polar surface area (TPSA) is 103 Å². The van der Waals surface area contributed by atoms with E-state index < -0.39 is 24.2 Å². The van der Waals surface area contributed by atoms with Crippen LogP contribution in [0.5, 0.6) is 11.5 Å². The van der Waals surface area contributed by atoms with Gasteiger partial charge in [-0.2, -0.15) is 0 Å². The van der Waals surface area contributed by atoms with Gasteiger partial charge >= 0.3 is 12.1 Å². The molecule has 2 aromatic carbocycles. The summed E-state index contributed by atoms with van der Waals surface area (Å²) in [6, 6.07) is 12.4. The molecule has 0 aliphatic carbocycles. The molecule has 2 atom stereocenters. The van der Waals surface area contributed by atoms with Crippen molar-refractivity contribution in [2.75, 3.05) is 20.8 Å². The Labute approximate surface area is 169 Å². The lowest BCUT2D eigenvalue weighted by atomic mass is 10.0. The van der Waals surface area contributed by atoms with Crippen LogP contribution in [0.15, 0.2) is 48.5 Å². The molecule has 29 heavy (non-hydrogen) atoms. The lowest BCUT2D eigenvalue weighted by Gasteiger charge is -2.23. The van der Waals surface area contributed by atoms with E-state index in [2.05, 4.69) is 5.32 Å². The molecule has 2 N–H and O–H groups in total. The van der Waals surface area contributed by atoms with E-state index in [4.69, 9.17) is 18.9 Å². The monoisotopic (exact) mass is 403 g/mol. The molecule has 0 saturated carbocycles. The van der Waals surface area contributed by atoms with Gasteiger partial charge in [-0.05, 0) is 30.2 Å². The molecule has 0 heterocycles. The summed E-state index contributed by atoms with van der Waals surface area (Å²) in [6.45, 7) is 1.74. The highest BCUT2D eigenvalue weighted by Gasteiger charge is 2.32. The number of esters is 1. The van der Waals surface area contributed by atoms with Crippen LogP contribution in [0.3, 0.4) is 0 Å². The molecule has 156 valence electrons. The van der Waals surface area contributed by atoms with Gasteiger partial charge in [0.2, 0.25) is 0 Å². The van der Waals surface area contributed by atoms with Crippen molar-refractivity contribution in [1.82, 2.24) is 5.32 Å². The number of nitrogens with one attached hydrogen (secondary N) is 1. The van der Waals surface area contributed by atoms with Gasteiger partial charge in [0.05, 0.1) is 20.8 Å². The molecule has 0 aromatic heterocycles. The predicted molar refractivity (Wildman–Crippen MR) is 105 cm³/mol. The molecule has 8 nitrogen and oxygen atoms in total. The third kappa shape index (κ3) is 6.11. The van der Waals surface area contributed by atoms with Crippen LogP contribution in [0, 0.1) is 0 Å². The summed E-state index contributed by atoms with van der Waals surface area (Å²) in [6.07, 6.45) is -2.25. The number of hydrogen-bond donors (Lipinski definition) is 2. The molecular formula is C21H25NO7. The quantitative estimate of drug-likeness (QED) is 0.620. The largest absolute Gasteiger partial charge is 0.493 e. The molecule has 0 radical (unpaired) electrons. The Morgan fingerprint density at radius 3 is 2.31 bits per heavy atom. The van der Waals surface area contributed by atoms with Crippen LogP contribution in [0.1, 0.15) is 24.2 Å². The Morgan fingerprint density at radius 1 is 1.00 bits per heavy atom. The Bertz CT molecular complexity index is 810. The van der Waals surface area contributed by atoms with Crippen LogP contribution >= 0.6 is 0 Å². The highest BCUT2D eigenvalue weighted by molar-refractivity contribution is 5.82. The molecule has 0 bridgehead atoms. The average Bonchev–Trinajstić information content (AvgIpc) is 2.75. The third-order valence-electron chi connectivity index (χ3n) is 4.09. The number of rotatable bonds is 9. The van der Waals surface area contributed by atoms with Crippen molar-refractivity contribution in [1.29, 1.82) is 0 Å². The van der Waals surface area contributed by atoms with Crippen LogP contribution in [0.2, 0.25) is 0 Å². The first kappa shape index (κ1) is 22.0. The van der Waals surface area contributed by atoms with E-state index in [0.717, 1.165) is 5.56 Å². The van der Waals surface area contributed by atoms with Crippen molar-refractivity contribution in [3.63, 3.8) is 0 Å². The summed E-state index contributed by atoms with van der Waals surface area (Å²) in [5.74, 6) is 0.0520. The van der Waals surface area contributed by atoms with Gasteiger partial charge in [0.25, 0.3) is 0 Å². The normalized spacial score (nSPS) is 12.4. The van der Waals surface area contributed by atoms with Crippen molar-refractivity contribution in [3.8, 4) is 11.5 Å². The molecule has 0 aliphatic rings. The van der Waals surface area contributed by atoms with Gasteiger partial charge in [0.1, 0.15) is 12.7 Å². The smallest absolute Gasteiger partial charge is 0.408 e. The number of carbonyl (C=O) groups excluding carboxylic acids is 2. The molecule has 0 spiro atoms. The molecular weight excluding hydrogens is 378 g/mol. The molecule has 0 saturated heterocycles. The highest BCUT2D eigenvalue weighted by Crippen LogP contribution is 2.31. The van der Waals surface area contributed by atoms with Crippen LogP contribution in [0.25, 0.3) is 0 Å². The Hall–Kier alpha value is -3.26. The van der Waals surface area contributed by atoms with E-state index in [1.807, 2.05) is 18.2 Å². The first-order chi connectivity index (χ1) is 14.0. The molecule has 0 fully saturated rings. The minimum atomic E-state index is -1.39. The number of carbonyl (C=O) groups is 2. The van der Waals surface area contributed by atoms with Crippen LogP contribution in [-0.4, -0.2) is 44.0 Å². The van der Waals surface area contributed by atoms with Crippen LogP contribution in [-0.2, 0) is 20.9 Å². The minimum absolute atomic E-state index is 0.0225. The Morgan fingerprint density at radius 2 is 1.69 bits per heavy atom. The van der Waals surface area contributed by atoms with E-state index in [9.17, 15) is 14.7 Å². The van der Waals surface area contributed by atoms with Crippen molar-refractivity contribution in [2.45, 2.75) is 25.7 Å². The van der Waals surface area contributed by atoms with Gasteiger partial charge in [-0.3, -0.25) is 0 Å². The highest BCUT2D eigenvalue weighted by atomic mass is 16.6. The maximum Gasteiger partial charge on any atom is 0.408 e.